The molecule has 196 valence electrons. The lowest BCUT2D eigenvalue weighted by molar-refractivity contribution is -0.00595. The van der Waals surface area contributed by atoms with Gasteiger partial charge in [0.05, 0.1) is 24.0 Å². The highest BCUT2D eigenvalue weighted by atomic mass is 127. The fourth-order valence-corrected chi connectivity index (χ4v) is 5.05. The molecule has 0 amide bonds. The van der Waals surface area contributed by atoms with Crippen LogP contribution in [-0.4, -0.2) is 43.0 Å². The molecule has 5 rings (SSSR count). The minimum atomic E-state index is -1.77. The van der Waals surface area contributed by atoms with Gasteiger partial charge in [-0.2, -0.15) is 0 Å². The summed E-state index contributed by atoms with van der Waals surface area (Å²) in [5, 5.41) is 32.1. The van der Waals surface area contributed by atoms with Gasteiger partial charge < -0.3 is 30.0 Å². The predicted molar refractivity (Wildman–Crippen MR) is 147 cm³/mol. The van der Waals surface area contributed by atoms with Gasteiger partial charge >= 0.3 is 0 Å². The van der Waals surface area contributed by atoms with Gasteiger partial charge in [0, 0.05) is 44.9 Å². The normalized spacial score (nSPS) is 14.0. The summed E-state index contributed by atoms with van der Waals surface area (Å²) >= 11 is 2.10. The first-order chi connectivity index (χ1) is 18.2. The van der Waals surface area contributed by atoms with E-state index < -0.39 is 29.9 Å². The van der Waals surface area contributed by atoms with Crippen molar-refractivity contribution in [1.29, 1.82) is 0 Å². The Morgan fingerprint density at radius 2 is 1.89 bits per heavy atom. The number of nitrogens with one attached hydrogen (secondary N) is 2. The SMILES string of the molecule is Cc1c(Oc2ccc(F)c(-c3nc(C(O)(CC(O)CO)c4cccc(I)c4)c[nH]3)c2)c(F)cc2[nH]ccc12. The molecule has 5 N–H and O–H groups in total. The number of ether oxygens (including phenoxy) is 1. The van der Waals surface area contributed by atoms with Crippen LogP contribution in [0.25, 0.3) is 22.3 Å². The van der Waals surface area contributed by atoms with Crippen molar-refractivity contribution in [3.8, 4) is 22.9 Å². The Morgan fingerprint density at radius 1 is 1.08 bits per heavy atom. The number of rotatable bonds is 8. The van der Waals surface area contributed by atoms with Crippen LogP contribution >= 0.6 is 22.6 Å². The number of H-pyrrole nitrogens is 2. The lowest BCUT2D eigenvalue weighted by Crippen LogP contribution is -2.34. The Kier molecular flexibility index (Phi) is 7.23. The van der Waals surface area contributed by atoms with Crippen molar-refractivity contribution in [2.45, 2.75) is 25.0 Å². The number of aromatic nitrogens is 3. The molecule has 10 heteroatoms. The molecule has 0 bridgehead atoms. The van der Waals surface area contributed by atoms with Crippen LogP contribution in [-0.2, 0) is 5.60 Å². The van der Waals surface area contributed by atoms with Gasteiger partial charge in [-0.1, -0.05) is 12.1 Å². The van der Waals surface area contributed by atoms with E-state index in [0.717, 1.165) is 8.96 Å². The Morgan fingerprint density at radius 3 is 2.66 bits per heavy atom. The summed E-state index contributed by atoms with van der Waals surface area (Å²) in [5.41, 5.74) is 0.0995. The van der Waals surface area contributed by atoms with Crippen LogP contribution in [0.3, 0.4) is 0 Å². The number of aliphatic hydroxyl groups excluding tert-OH is 2. The van der Waals surface area contributed by atoms with Crippen molar-refractivity contribution >= 4 is 33.5 Å². The van der Waals surface area contributed by atoms with Crippen molar-refractivity contribution in [2.75, 3.05) is 6.61 Å². The zero-order valence-electron chi connectivity index (χ0n) is 20.2. The van der Waals surface area contributed by atoms with Crippen LogP contribution in [0.4, 0.5) is 8.78 Å². The van der Waals surface area contributed by atoms with Crippen LogP contribution in [0.2, 0.25) is 0 Å². The zero-order chi connectivity index (χ0) is 27.0. The minimum absolute atomic E-state index is 0.0286. The monoisotopic (exact) mass is 631 g/mol. The molecule has 0 aliphatic rings. The lowest BCUT2D eigenvalue weighted by atomic mass is 9.85. The lowest BCUT2D eigenvalue weighted by Gasteiger charge is -2.29. The van der Waals surface area contributed by atoms with Gasteiger partial charge in [0.15, 0.2) is 11.6 Å². The first kappa shape index (κ1) is 26.3. The summed E-state index contributed by atoms with van der Waals surface area (Å²) in [5.74, 6) is -0.845. The molecule has 2 atom stereocenters. The molecule has 0 aliphatic heterocycles. The number of imidazole rings is 1. The molecule has 7 nitrogen and oxygen atoms in total. The van der Waals surface area contributed by atoms with E-state index in [9.17, 15) is 24.1 Å². The standard InChI is InChI=1S/C28H24F2IN3O4/c1-15-20-7-8-32-24(20)11-23(30)26(15)38-19-5-6-22(29)21(10-19)27-33-13-25(34-27)28(37,12-18(36)14-35)16-3-2-4-17(31)9-16/h2-11,13,18,32,35-37H,12,14H2,1H3,(H,33,34). The van der Waals surface area contributed by atoms with Crippen molar-refractivity contribution in [2.24, 2.45) is 0 Å². The molecule has 2 heterocycles. The average Bonchev–Trinajstić information content (AvgIpc) is 3.58. The molecule has 3 aromatic carbocycles. The third-order valence-corrected chi connectivity index (χ3v) is 7.14. The average molecular weight is 631 g/mol. The van der Waals surface area contributed by atoms with Crippen molar-refractivity contribution in [3.63, 3.8) is 0 Å². The number of aromatic amines is 2. The van der Waals surface area contributed by atoms with Crippen LogP contribution in [0.5, 0.6) is 11.5 Å². The molecule has 0 saturated heterocycles. The topological polar surface area (TPSA) is 114 Å². The minimum Gasteiger partial charge on any atom is -0.454 e. The summed E-state index contributed by atoms with van der Waals surface area (Å²) in [4.78, 5) is 10.3. The number of nitrogens with zero attached hydrogens (tertiary/aromatic N) is 1. The van der Waals surface area contributed by atoms with E-state index in [1.165, 1.54) is 30.5 Å². The maximum absolute atomic E-state index is 14.9. The molecule has 5 aromatic rings. The molecule has 0 fully saturated rings. The number of aryl methyl sites for hydroxylation is 1. The molecule has 0 radical (unpaired) electrons. The van der Waals surface area contributed by atoms with Gasteiger partial charge in [-0.05, 0) is 71.5 Å². The van der Waals surface area contributed by atoms with Crippen LogP contribution in [0.15, 0.2) is 67.0 Å². The summed E-state index contributed by atoms with van der Waals surface area (Å²) < 4.78 is 36.4. The van der Waals surface area contributed by atoms with E-state index in [4.69, 9.17) is 4.74 Å². The quantitative estimate of drug-likeness (QED) is 0.145. The molecule has 2 aromatic heterocycles. The first-order valence-corrected chi connectivity index (χ1v) is 12.8. The number of aliphatic hydroxyl groups is 3. The van der Waals surface area contributed by atoms with Gasteiger partial charge in [0.2, 0.25) is 0 Å². The maximum atomic E-state index is 14.9. The molecule has 38 heavy (non-hydrogen) atoms. The highest BCUT2D eigenvalue weighted by Gasteiger charge is 2.37. The largest absolute Gasteiger partial charge is 0.454 e. The fourth-order valence-electron chi connectivity index (χ4n) is 4.51. The van der Waals surface area contributed by atoms with Crippen molar-refractivity contribution < 1.29 is 28.8 Å². The Hall–Kier alpha value is -3.32. The van der Waals surface area contributed by atoms with E-state index in [1.54, 1.807) is 31.3 Å². The highest BCUT2D eigenvalue weighted by molar-refractivity contribution is 14.1. The Bertz CT molecular complexity index is 1620. The van der Waals surface area contributed by atoms with Crippen molar-refractivity contribution in [1.82, 2.24) is 15.0 Å². The zero-order valence-corrected chi connectivity index (χ0v) is 22.3. The molecule has 0 aliphatic carbocycles. The summed E-state index contributed by atoms with van der Waals surface area (Å²) in [7, 11) is 0. The van der Waals surface area contributed by atoms with Gasteiger partial charge in [-0.15, -0.1) is 0 Å². The number of halogens is 3. The predicted octanol–water partition coefficient (Wildman–Crippen LogP) is 5.52. The third-order valence-electron chi connectivity index (χ3n) is 6.47. The third kappa shape index (κ3) is 4.92. The molecule has 0 spiro atoms. The number of hydrogen-bond donors (Lipinski definition) is 5. The fraction of sp³-hybridized carbons (Fsp3) is 0.179. The van der Waals surface area contributed by atoms with E-state index in [0.29, 0.717) is 16.6 Å². The smallest absolute Gasteiger partial charge is 0.168 e. The Balaban J connectivity index is 1.52. The molecule has 2 unspecified atom stereocenters. The van der Waals surface area contributed by atoms with Gasteiger partial charge in [0.1, 0.15) is 23.0 Å². The number of benzene rings is 3. The second-order valence-corrected chi connectivity index (χ2v) is 10.3. The number of hydrogen-bond acceptors (Lipinski definition) is 5. The van der Waals surface area contributed by atoms with Crippen LogP contribution in [0.1, 0.15) is 23.2 Å². The van der Waals surface area contributed by atoms with Gasteiger partial charge in [-0.3, -0.25) is 0 Å². The van der Waals surface area contributed by atoms with E-state index in [2.05, 4.69) is 37.5 Å². The van der Waals surface area contributed by atoms with E-state index in [-0.39, 0.29) is 35.0 Å². The second-order valence-electron chi connectivity index (χ2n) is 9.04. The summed E-state index contributed by atoms with van der Waals surface area (Å²) in [6.07, 6.45) is 1.68. The first-order valence-electron chi connectivity index (χ1n) is 11.8. The summed E-state index contributed by atoms with van der Waals surface area (Å²) in [6.45, 7) is 1.19. The number of fused-ring (bicyclic) bond motifs is 1. The molecule has 0 saturated carbocycles. The van der Waals surface area contributed by atoms with Crippen molar-refractivity contribution in [3.05, 3.63) is 99.0 Å². The summed E-state index contributed by atoms with van der Waals surface area (Å²) in [6, 6.07) is 14.2. The van der Waals surface area contributed by atoms with E-state index in [1.807, 2.05) is 12.1 Å². The highest BCUT2D eigenvalue weighted by Crippen LogP contribution is 2.37. The maximum Gasteiger partial charge on any atom is 0.168 e. The Labute approximate surface area is 230 Å². The van der Waals surface area contributed by atoms with Crippen LogP contribution in [0, 0.1) is 22.1 Å². The van der Waals surface area contributed by atoms with Crippen LogP contribution < -0.4 is 4.74 Å². The second kappa shape index (κ2) is 10.4. The molecular weight excluding hydrogens is 607 g/mol. The molecular formula is C28H24F2IN3O4. The van der Waals surface area contributed by atoms with Gasteiger partial charge in [0.25, 0.3) is 0 Å². The van der Waals surface area contributed by atoms with Gasteiger partial charge in [-0.25, -0.2) is 13.8 Å². The van der Waals surface area contributed by atoms with E-state index >= 15 is 0 Å².